The molecule has 0 saturated carbocycles. The first-order valence-electron chi connectivity index (χ1n) is 9.47. The first-order chi connectivity index (χ1) is 12.8. The van der Waals surface area contributed by atoms with Crippen LogP contribution in [0.15, 0.2) is 35.3 Å². The summed E-state index contributed by atoms with van der Waals surface area (Å²) in [5.41, 5.74) is 1.28. The molecule has 2 heterocycles. The predicted molar refractivity (Wildman–Crippen MR) is 121 cm³/mol. The number of benzene rings is 1. The number of guanidine groups is 1. The molecular weight excluding hydrogens is 453 g/mol. The summed E-state index contributed by atoms with van der Waals surface area (Å²) in [5, 5.41) is 15.2. The molecule has 1 aliphatic rings. The lowest BCUT2D eigenvalue weighted by molar-refractivity contribution is 0.658. The van der Waals surface area contributed by atoms with Crippen LogP contribution in [0.1, 0.15) is 31.4 Å². The van der Waals surface area contributed by atoms with Crippen molar-refractivity contribution >= 4 is 35.6 Å². The van der Waals surface area contributed by atoms with Crippen LogP contribution in [0.25, 0.3) is 0 Å². The van der Waals surface area contributed by atoms with Gasteiger partial charge in [-0.05, 0) is 31.9 Å². The van der Waals surface area contributed by atoms with Crippen LogP contribution in [0.4, 0.5) is 5.69 Å². The van der Waals surface area contributed by atoms with Crippen molar-refractivity contribution in [2.75, 3.05) is 31.6 Å². The molecule has 0 fully saturated rings. The van der Waals surface area contributed by atoms with E-state index in [0.717, 1.165) is 56.6 Å². The molecule has 8 heteroatoms. The van der Waals surface area contributed by atoms with E-state index in [1.54, 1.807) is 7.05 Å². The van der Waals surface area contributed by atoms with E-state index in [2.05, 4.69) is 72.5 Å². The number of aryl methyl sites for hydroxylation is 1. The Balaban J connectivity index is 0.00000261. The molecule has 1 aromatic carbocycles. The standard InChI is InChI=1S/C19H29N7.HI/c1-3-25(16-9-5-4-6-10-16)13-8-12-21-19(20-2)22-15-18-24-23-17-11-7-14-26(17)18;/h4-6,9-10H,3,7-8,11-15H2,1-2H3,(H2,20,21,22);1H. The Morgan fingerprint density at radius 1 is 1.22 bits per heavy atom. The highest BCUT2D eigenvalue weighted by Crippen LogP contribution is 2.14. The topological polar surface area (TPSA) is 70.4 Å². The summed E-state index contributed by atoms with van der Waals surface area (Å²) in [6.45, 7) is 6.77. The molecule has 1 aromatic heterocycles. The molecule has 0 spiro atoms. The zero-order valence-corrected chi connectivity index (χ0v) is 18.5. The van der Waals surface area contributed by atoms with Crippen LogP contribution in [0.2, 0.25) is 0 Å². The summed E-state index contributed by atoms with van der Waals surface area (Å²) in [4.78, 5) is 6.69. The number of hydrogen-bond donors (Lipinski definition) is 2. The lowest BCUT2D eigenvalue weighted by Crippen LogP contribution is -2.39. The number of anilines is 1. The first kappa shape index (κ1) is 21.5. The summed E-state index contributed by atoms with van der Waals surface area (Å²) in [6.07, 6.45) is 3.25. The molecule has 0 bridgehead atoms. The zero-order valence-electron chi connectivity index (χ0n) is 16.2. The Hall–Kier alpha value is -1.84. The fraction of sp³-hybridized carbons (Fsp3) is 0.526. The molecule has 1 aliphatic heterocycles. The minimum Gasteiger partial charge on any atom is -0.372 e. The number of rotatable bonds is 8. The maximum Gasteiger partial charge on any atom is 0.191 e. The Labute approximate surface area is 178 Å². The lowest BCUT2D eigenvalue weighted by Gasteiger charge is -2.23. The summed E-state index contributed by atoms with van der Waals surface area (Å²) in [6, 6.07) is 10.6. The Bertz CT molecular complexity index is 714. The van der Waals surface area contributed by atoms with Gasteiger partial charge in [0.05, 0.1) is 6.54 Å². The molecule has 7 nitrogen and oxygen atoms in total. The highest BCUT2D eigenvalue weighted by Gasteiger charge is 2.17. The average molecular weight is 483 g/mol. The van der Waals surface area contributed by atoms with Gasteiger partial charge in [-0.25, -0.2) is 0 Å². The number of fused-ring (bicyclic) bond motifs is 1. The molecule has 0 amide bonds. The molecule has 27 heavy (non-hydrogen) atoms. The minimum atomic E-state index is 0. The molecule has 148 valence electrons. The molecule has 0 unspecified atom stereocenters. The van der Waals surface area contributed by atoms with Crippen LogP contribution in [0, 0.1) is 0 Å². The van der Waals surface area contributed by atoms with Crippen molar-refractivity contribution in [1.29, 1.82) is 0 Å². The van der Waals surface area contributed by atoms with Crippen LogP contribution in [0.3, 0.4) is 0 Å². The third-order valence-corrected chi connectivity index (χ3v) is 4.72. The monoisotopic (exact) mass is 483 g/mol. The fourth-order valence-corrected chi connectivity index (χ4v) is 3.31. The third-order valence-electron chi connectivity index (χ3n) is 4.72. The second kappa shape index (κ2) is 11.1. The molecule has 0 radical (unpaired) electrons. The van der Waals surface area contributed by atoms with Gasteiger partial charge in [-0.1, -0.05) is 18.2 Å². The van der Waals surface area contributed by atoms with Crippen molar-refractivity contribution in [3.05, 3.63) is 42.0 Å². The van der Waals surface area contributed by atoms with Crippen molar-refractivity contribution < 1.29 is 0 Å². The van der Waals surface area contributed by atoms with Crippen LogP contribution in [0.5, 0.6) is 0 Å². The molecule has 2 aromatic rings. The first-order valence-corrected chi connectivity index (χ1v) is 9.47. The lowest BCUT2D eigenvalue weighted by atomic mass is 10.2. The van der Waals surface area contributed by atoms with Crippen molar-refractivity contribution in [2.45, 2.75) is 39.3 Å². The van der Waals surface area contributed by atoms with E-state index in [-0.39, 0.29) is 24.0 Å². The van der Waals surface area contributed by atoms with Gasteiger partial charge in [0.2, 0.25) is 0 Å². The van der Waals surface area contributed by atoms with Crippen LogP contribution in [-0.2, 0) is 19.5 Å². The molecule has 3 rings (SSSR count). The van der Waals surface area contributed by atoms with Gasteiger partial charge in [0.15, 0.2) is 11.8 Å². The molecular formula is C19H30IN7. The maximum absolute atomic E-state index is 4.30. The molecule has 2 N–H and O–H groups in total. The smallest absolute Gasteiger partial charge is 0.191 e. The molecule has 0 atom stereocenters. The number of nitrogens with zero attached hydrogens (tertiary/aromatic N) is 5. The van der Waals surface area contributed by atoms with E-state index in [1.165, 1.54) is 12.1 Å². The van der Waals surface area contributed by atoms with E-state index in [4.69, 9.17) is 0 Å². The van der Waals surface area contributed by atoms with Crippen molar-refractivity contribution in [2.24, 2.45) is 4.99 Å². The molecule has 0 saturated heterocycles. The summed E-state index contributed by atoms with van der Waals surface area (Å²) >= 11 is 0. The van der Waals surface area contributed by atoms with E-state index < -0.39 is 0 Å². The number of para-hydroxylation sites is 1. The summed E-state index contributed by atoms with van der Waals surface area (Å²) in [5.74, 6) is 2.90. The Morgan fingerprint density at radius 2 is 2.04 bits per heavy atom. The van der Waals surface area contributed by atoms with E-state index >= 15 is 0 Å². The van der Waals surface area contributed by atoms with Gasteiger partial charge in [-0.2, -0.15) is 0 Å². The number of hydrogen-bond acceptors (Lipinski definition) is 4. The van der Waals surface area contributed by atoms with E-state index in [9.17, 15) is 0 Å². The van der Waals surface area contributed by atoms with Crippen molar-refractivity contribution in [3.8, 4) is 0 Å². The number of halogens is 1. The van der Waals surface area contributed by atoms with Gasteiger partial charge in [0.25, 0.3) is 0 Å². The normalized spacial score (nSPS) is 13.0. The van der Waals surface area contributed by atoms with E-state index in [1.807, 2.05) is 0 Å². The quantitative estimate of drug-likeness (QED) is 0.261. The second-order valence-corrected chi connectivity index (χ2v) is 6.41. The highest BCUT2D eigenvalue weighted by molar-refractivity contribution is 14.0. The van der Waals surface area contributed by atoms with Gasteiger partial charge < -0.3 is 20.1 Å². The maximum atomic E-state index is 4.30. The van der Waals surface area contributed by atoms with E-state index in [0.29, 0.717) is 6.54 Å². The predicted octanol–water partition coefficient (Wildman–Crippen LogP) is 2.42. The van der Waals surface area contributed by atoms with Crippen molar-refractivity contribution in [1.82, 2.24) is 25.4 Å². The largest absolute Gasteiger partial charge is 0.372 e. The zero-order chi connectivity index (χ0) is 18.2. The number of aromatic nitrogens is 3. The Morgan fingerprint density at radius 3 is 2.78 bits per heavy atom. The average Bonchev–Trinajstić information content (AvgIpc) is 3.29. The SMILES string of the molecule is CCN(CCCNC(=NC)NCc1nnc2n1CCC2)c1ccccc1.I. The van der Waals surface area contributed by atoms with Crippen LogP contribution in [-0.4, -0.2) is 47.4 Å². The van der Waals surface area contributed by atoms with Gasteiger partial charge >= 0.3 is 0 Å². The van der Waals surface area contributed by atoms with Gasteiger partial charge in [-0.15, -0.1) is 34.2 Å². The van der Waals surface area contributed by atoms with Gasteiger partial charge in [-0.3, -0.25) is 4.99 Å². The van der Waals surface area contributed by atoms with Gasteiger partial charge in [0.1, 0.15) is 5.82 Å². The highest BCUT2D eigenvalue weighted by atomic mass is 127. The van der Waals surface area contributed by atoms with Crippen molar-refractivity contribution in [3.63, 3.8) is 0 Å². The minimum absolute atomic E-state index is 0. The third kappa shape index (κ3) is 5.82. The van der Waals surface area contributed by atoms with Gasteiger partial charge in [0, 0.05) is 45.3 Å². The Kier molecular flexibility index (Phi) is 8.83. The van der Waals surface area contributed by atoms with Crippen LogP contribution < -0.4 is 15.5 Å². The second-order valence-electron chi connectivity index (χ2n) is 6.41. The fourth-order valence-electron chi connectivity index (χ4n) is 3.31. The summed E-state index contributed by atoms with van der Waals surface area (Å²) in [7, 11) is 1.80. The summed E-state index contributed by atoms with van der Waals surface area (Å²) < 4.78 is 2.21. The number of nitrogens with one attached hydrogen (secondary N) is 2. The number of aliphatic imine (C=N–C) groups is 1. The van der Waals surface area contributed by atoms with Crippen LogP contribution >= 0.6 is 24.0 Å². The molecule has 0 aliphatic carbocycles.